The van der Waals surface area contributed by atoms with E-state index in [1.165, 1.54) is 5.56 Å². The standard InChI is InChI=1S/C24H30N2O3.C2HF3O2/c1-17-6-9-20(28-17)16-26-12-10-24(11-13-26)15-18(14-23(27)25-19-7-8-19)21-4-2-3-5-22(21)29-24;3-2(4,5)1(6)7/h2-6,9,18-19H,7-8,10-16H2,1H3,(H,25,27);(H,6,7). The Kier molecular flexibility index (Phi) is 7.63. The molecule has 1 aliphatic carbocycles. The van der Waals surface area contributed by atoms with Crippen LogP contribution in [0.3, 0.4) is 0 Å². The van der Waals surface area contributed by atoms with E-state index in [9.17, 15) is 18.0 Å². The predicted molar refractivity (Wildman–Crippen MR) is 125 cm³/mol. The van der Waals surface area contributed by atoms with Gasteiger partial charge in [0.15, 0.2) is 0 Å². The van der Waals surface area contributed by atoms with Gasteiger partial charge in [-0.05, 0) is 62.8 Å². The zero-order valence-electron chi connectivity index (χ0n) is 20.1. The summed E-state index contributed by atoms with van der Waals surface area (Å²) < 4.78 is 44.1. The van der Waals surface area contributed by atoms with E-state index in [2.05, 4.69) is 34.5 Å². The van der Waals surface area contributed by atoms with Crippen LogP contribution < -0.4 is 10.1 Å². The Balaban J connectivity index is 0.000000384. The number of furan rings is 1. The Hall–Kier alpha value is -3.01. The zero-order valence-corrected chi connectivity index (χ0v) is 20.1. The van der Waals surface area contributed by atoms with Crippen LogP contribution >= 0.6 is 0 Å². The number of hydrogen-bond acceptors (Lipinski definition) is 5. The van der Waals surface area contributed by atoms with Crippen molar-refractivity contribution in [1.82, 2.24) is 10.2 Å². The molecule has 2 aromatic rings. The minimum absolute atomic E-state index is 0.158. The number of aryl methyl sites for hydroxylation is 1. The average molecular weight is 509 g/mol. The molecule has 2 aliphatic heterocycles. The highest BCUT2D eigenvalue weighted by atomic mass is 19.4. The van der Waals surface area contributed by atoms with Crippen LogP contribution in [0.25, 0.3) is 0 Å². The molecule has 1 aromatic carbocycles. The maximum Gasteiger partial charge on any atom is 0.490 e. The van der Waals surface area contributed by atoms with Crippen molar-refractivity contribution in [2.24, 2.45) is 0 Å². The van der Waals surface area contributed by atoms with Gasteiger partial charge in [-0.2, -0.15) is 13.2 Å². The van der Waals surface area contributed by atoms with Gasteiger partial charge in [0.05, 0.1) is 6.54 Å². The zero-order chi connectivity index (χ0) is 25.9. The van der Waals surface area contributed by atoms with Gasteiger partial charge in [0.2, 0.25) is 5.91 Å². The van der Waals surface area contributed by atoms with Crippen LogP contribution in [0.5, 0.6) is 5.75 Å². The minimum atomic E-state index is -5.08. The van der Waals surface area contributed by atoms with Crippen LogP contribution in [-0.4, -0.2) is 52.8 Å². The highest BCUT2D eigenvalue weighted by Gasteiger charge is 2.44. The quantitative estimate of drug-likeness (QED) is 0.604. The van der Waals surface area contributed by atoms with Crippen LogP contribution in [0.1, 0.15) is 61.5 Å². The number of carbonyl (C=O) groups is 2. The van der Waals surface area contributed by atoms with Crippen molar-refractivity contribution in [1.29, 1.82) is 0 Å². The van der Waals surface area contributed by atoms with E-state index in [0.29, 0.717) is 12.5 Å². The largest absolute Gasteiger partial charge is 0.490 e. The van der Waals surface area contributed by atoms with Gasteiger partial charge in [-0.25, -0.2) is 4.79 Å². The summed E-state index contributed by atoms with van der Waals surface area (Å²) in [5.74, 6) is 0.634. The summed E-state index contributed by atoms with van der Waals surface area (Å²) in [6.07, 6.45) is 0.642. The molecule has 5 rings (SSSR count). The number of nitrogens with one attached hydrogen (secondary N) is 1. The molecule has 10 heteroatoms. The third-order valence-corrected chi connectivity index (χ3v) is 6.86. The first-order chi connectivity index (χ1) is 17.0. The number of carbonyl (C=O) groups excluding carboxylic acids is 1. The lowest BCUT2D eigenvalue weighted by Gasteiger charge is -2.46. The molecule has 0 bridgehead atoms. The van der Waals surface area contributed by atoms with Crippen molar-refractivity contribution in [3.8, 4) is 5.75 Å². The molecule has 1 saturated carbocycles. The first kappa shape index (κ1) is 26.1. The van der Waals surface area contributed by atoms with Crippen molar-refractivity contribution in [2.45, 2.75) is 75.7 Å². The molecule has 0 radical (unpaired) electrons. The summed E-state index contributed by atoms with van der Waals surface area (Å²) in [7, 11) is 0. The number of likely N-dealkylation sites (tertiary alicyclic amines) is 1. The molecule has 2 N–H and O–H groups in total. The van der Waals surface area contributed by atoms with Crippen LogP contribution in [0, 0.1) is 6.92 Å². The lowest BCUT2D eigenvalue weighted by molar-refractivity contribution is -0.192. The number of fused-ring (bicyclic) bond motifs is 1. The number of halogens is 3. The Bertz CT molecular complexity index is 1070. The number of piperidine rings is 1. The van der Waals surface area contributed by atoms with Gasteiger partial charge < -0.3 is 19.6 Å². The van der Waals surface area contributed by atoms with E-state index in [0.717, 1.165) is 69.0 Å². The smallest absolute Gasteiger partial charge is 0.487 e. The Morgan fingerprint density at radius 2 is 1.81 bits per heavy atom. The fourth-order valence-corrected chi connectivity index (χ4v) is 4.88. The third-order valence-electron chi connectivity index (χ3n) is 6.86. The van der Waals surface area contributed by atoms with Gasteiger partial charge in [0.1, 0.15) is 22.9 Å². The average Bonchev–Trinajstić information content (AvgIpc) is 3.53. The molecule has 36 heavy (non-hydrogen) atoms. The number of alkyl halides is 3. The second-order valence-corrected chi connectivity index (χ2v) is 9.86. The monoisotopic (exact) mass is 508 g/mol. The normalized spacial score (nSPS) is 21.1. The minimum Gasteiger partial charge on any atom is -0.487 e. The van der Waals surface area contributed by atoms with Gasteiger partial charge in [-0.15, -0.1) is 0 Å². The molecule has 1 aromatic heterocycles. The number of ether oxygens (including phenoxy) is 1. The van der Waals surface area contributed by atoms with Gasteiger partial charge in [-0.3, -0.25) is 9.69 Å². The Morgan fingerprint density at radius 3 is 2.39 bits per heavy atom. The highest BCUT2D eigenvalue weighted by Crippen LogP contribution is 2.46. The summed E-state index contributed by atoms with van der Waals surface area (Å²) in [5.41, 5.74) is 1.03. The third kappa shape index (κ3) is 6.81. The number of para-hydroxylation sites is 1. The molecule has 1 saturated heterocycles. The van der Waals surface area contributed by atoms with Crippen molar-refractivity contribution in [3.05, 3.63) is 53.5 Å². The van der Waals surface area contributed by atoms with Gasteiger partial charge in [0.25, 0.3) is 0 Å². The highest BCUT2D eigenvalue weighted by molar-refractivity contribution is 5.77. The van der Waals surface area contributed by atoms with Crippen molar-refractivity contribution in [2.75, 3.05) is 13.1 Å². The molecule has 3 heterocycles. The van der Waals surface area contributed by atoms with E-state index < -0.39 is 12.1 Å². The Morgan fingerprint density at radius 1 is 1.14 bits per heavy atom. The topological polar surface area (TPSA) is 92.0 Å². The molecule has 2 fully saturated rings. The van der Waals surface area contributed by atoms with Crippen LogP contribution in [0.2, 0.25) is 0 Å². The summed E-state index contributed by atoms with van der Waals surface area (Å²) in [6, 6.07) is 12.8. The number of amides is 1. The molecule has 3 aliphatic rings. The summed E-state index contributed by atoms with van der Waals surface area (Å²) >= 11 is 0. The van der Waals surface area contributed by atoms with Crippen molar-refractivity contribution >= 4 is 11.9 Å². The van der Waals surface area contributed by atoms with Gasteiger partial charge in [0, 0.05) is 31.5 Å². The summed E-state index contributed by atoms with van der Waals surface area (Å²) in [4.78, 5) is 23.9. The fraction of sp³-hybridized carbons (Fsp3) is 0.538. The van der Waals surface area contributed by atoms with Crippen LogP contribution in [0.4, 0.5) is 13.2 Å². The lowest BCUT2D eigenvalue weighted by Crippen LogP contribution is -2.50. The molecular formula is C26H31F3N2O5. The first-order valence-corrected chi connectivity index (χ1v) is 12.2. The van der Waals surface area contributed by atoms with Gasteiger partial charge >= 0.3 is 12.1 Å². The maximum absolute atomic E-state index is 12.5. The number of rotatable bonds is 5. The number of carboxylic acids is 1. The SMILES string of the molecule is Cc1ccc(CN2CCC3(CC2)CC(CC(=O)NC2CC2)c2ccccc2O3)o1.O=C(O)C(F)(F)F. The fourth-order valence-electron chi connectivity index (χ4n) is 4.88. The van der Waals surface area contributed by atoms with Crippen LogP contribution in [-0.2, 0) is 16.1 Å². The number of nitrogens with zero attached hydrogens (tertiary/aromatic N) is 1. The molecule has 1 unspecified atom stereocenters. The van der Waals surface area contributed by atoms with E-state index in [-0.39, 0.29) is 17.4 Å². The summed E-state index contributed by atoms with van der Waals surface area (Å²) in [5, 5.41) is 10.3. The first-order valence-electron chi connectivity index (χ1n) is 12.2. The number of benzene rings is 1. The van der Waals surface area contributed by atoms with Crippen molar-refractivity contribution in [3.63, 3.8) is 0 Å². The number of aliphatic carboxylic acids is 1. The summed E-state index contributed by atoms with van der Waals surface area (Å²) in [6.45, 7) is 4.82. The lowest BCUT2D eigenvalue weighted by atomic mass is 9.76. The second-order valence-electron chi connectivity index (χ2n) is 9.86. The van der Waals surface area contributed by atoms with Crippen molar-refractivity contribution < 1.29 is 37.0 Å². The molecule has 196 valence electrons. The molecule has 7 nitrogen and oxygen atoms in total. The van der Waals surface area contributed by atoms with Gasteiger partial charge in [-0.1, -0.05) is 18.2 Å². The second kappa shape index (κ2) is 10.5. The molecule has 1 amide bonds. The predicted octanol–water partition coefficient (Wildman–Crippen LogP) is 4.79. The Labute approximate surface area is 207 Å². The van der Waals surface area contributed by atoms with E-state index in [1.54, 1.807) is 0 Å². The van der Waals surface area contributed by atoms with E-state index in [4.69, 9.17) is 19.1 Å². The van der Waals surface area contributed by atoms with Crippen LogP contribution in [0.15, 0.2) is 40.8 Å². The number of hydrogen-bond donors (Lipinski definition) is 2. The van der Waals surface area contributed by atoms with E-state index >= 15 is 0 Å². The maximum atomic E-state index is 12.5. The van der Waals surface area contributed by atoms with E-state index in [1.807, 2.05) is 19.1 Å². The number of carboxylic acid groups (broad SMARTS) is 1. The molecule has 1 spiro atoms. The molecule has 1 atom stereocenters. The molecular weight excluding hydrogens is 477 g/mol.